The summed E-state index contributed by atoms with van der Waals surface area (Å²) in [6.07, 6.45) is -0.698. The van der Waals surface area contributed by atoms with Crippen LogP contribution in [0.15, 0.2) is 35.7 Å². The largest absolute Gasteiger partial charge is 0.496 e. The molecule has 2 aromatic rings. The summed E-state index contributed by atoms with van der Waals surface area (Å²) < 4.78 is 5.21. The number of ether oxygens (including phenoxy) is 1. The molecule has 1 unspecified atom stereocenters. The summed E-state index contributed by atoms with van der Waals surface area (Å²) in [7, 11) is 1.55. The molecule has 3 N–H and O–H groups in total. The molecule has 1 atom stereocenters. The number of benzene rings is 1. The van der Waals surface area contributed by atoms with Crippen molar-refractivity contribution in [3.63, 3.8) is 0 Å². The van der Waals surface area contributed by atoms with Gasteiger partial charge in [-0.05, 0) is 23.6 Å². The van der Waals surface area contributed by atoms with Crippen molar-refractivity contribution in [3.8, 4) is 5.75 Å². The molecule has 7 heteroatoms. The second-order valence-electron chi connectivity index (χ2n) is 4.55. The highest BCUT2D eigenvalue weighted by atomic mass is 35.5. The number of thiophene rings is 1. The molecule has 1 aromatic heterocycles. The first kappa shape index (κ1) is 16.6. The van der Waals surface area contributed by atoms with Crippen molar-refractivity contribution in [3.05, 3.63) is 51.2 Å². The molecule has 5 nitrogen and oxygen atoms in total. The third-order valence-corrected chi connectivity index (χ3v) is 4.22. The van der Waals surface area contributed by atoms with Gasteiger partial charge in [-0.15, -0.1) is 11.3 Å². The lowest BCUT2D eigenvalue weighted by molar-refractivity contribution is 0.176. The third-order valence-electron chi connectivity index (χ3n) is 3.02. The highest BCUT2D eigenvalue weighted by Gasteiger charge is 2.11. The summed E-state index contributed by atoms with van der Waals surface area (Å²) >= 11 is 7.33. The van der Waals surface area contributed by atoms with E-state index < -0.39 is 6.10 Å². The number of amides is 2. The van der Waals surface area contributed by atoms with Crippen LogP contribution in [0.4, 0.5) is 4.79 Å². The number of hydrogen-bond donors (Lipinski definition) is 3. The van der Waals surface area contributed by atoms with E-state index in [9.17, 15) is 9.90 Å². The number of carbonyl (C=O) groups is 1. The van der Waals surface area contributed by atoms with Crippen molar-refractivity contribution in [2.24, 2.45) is 0 Å². The molecule has 2 amide bonds. The molecule has 0 aliphatic carbocycles. The zero-order valence-electron chi connectivity index (χ0n) is 12.0. The van der Waals surface area contributed by atoms with Crippen LogP contribution in [0.1, 0.15) is 16.5 Å². The molecule has 22 heavy (non-hydrogen) atoms. The van der Waals surface area contributed by atoms with E-state index in [0.29, 0.717) is 17.3 Å². The summed E-state index contributed by atoms with van der Waals surface area (Å²) in [6.45, 7) is 0.464. The second kappa shape index (κ2) is 8.03. The van der Waals surface area contributed by atoms with Gasteiger partial charge in [0.25, 0.3) is 0 Å². The molecule has 0 radical (unpaired) electrons. The Bertz CT molecular complexity index is 619. The summed E-state index contributed by atoms with van der Waals surface area (Å²) in [5.74, 6) is 0.617. The first-order valence-electron chi connectivity index (χ1n) is 6.65. The van der Waals surface area contributed by atoms with Crippen LogP contribution in [0.25, 0.3) is 0 Å². The fraction of sp³-hybridized carbons (Fsp3) is 0.267. The molecule has 0 bridgehead atoms. The molecular weight excluding hydrogens is 324 g/mol. The van der Waals surface area contributed by atoms with Crippen LogP contribution >= 0.6 is 22.9 Å². The second-order valence-corrected chi connectivity index (χ2v) is 5.97. The Morgan fingerprint density at radius 1 is 1.41 bits per heavy atom. The lowest BCUT2D eigenvalue weighted by Gasteiger charge is -2.13. The van der Waals surface area contributed by atoms with Crippen LogP contribution in [0.3, 0.4) is 0 Å². The van der Waals surface area contributed by atoms with E-state index in [2.05, 4.69) is 10.6 Å². The number of nitrogens with one attached hydrogen (secondary N) is 2. The van der Waals surface area contributed by atoms with Crippen LogP contribution in [-0.2, 0) is 6.54 Å². The minimum Gasteiger partial charge on any atom is -0.496 e. The van der Waals surface area contributed by atoms with Gasteiger partial charge in [0.15, 0.2) is 0 Å². The van der Waals surface area contributed by atoms with E-state index in [0.717, 1.165) is 10.4 Å². The Labute approximate surface area is 137 Å². The molecule has 1 heterocycles. The normalized spacial score (nSPS) is 11.8. The SMILES string of the molecule is COc1cc(Cl)ccc1CNC(=O)NCC(O)c1cccs1. The molecule has 0 fully saturated rings. The van der Waals surface area contributed by atoms with Gasteiger partial charge in [0.1, 0.15) is 11.9 Å². The number of carbonyl (C=O) groups excluding carboxylic acids is 1. The summed E-state index contributed by atoms with van der Waals surface area (Å²) in [4.78, 5) is 12.6. The zero-order chi connectivity index (χ0) is 15.9. The Balaban J connectivity index is 1.80. The molecule has 0 saturated heterocycles. The molecular formula is C15H17ClN2O3S. The smallest absolute Gasteiger partial charge is 0.315 e. The number of aliphatic hydroxyl groups is 1. The number of hydrogen-bond acceptors (Lipinski definition) is 4. The number of rotatable bonds is 6. The van der Waals surface area contributed by atoms with Crippen LogP contribution in [-0.4, -0.2) is 24.8 Å². The van der Waals surface area contributed by atoms with E-state index in [1.807, 2.05) is 17.5 Å². The first-order valence-corrected chi connectivity index (χ1v) is 7.91. The van der Waals surface area contributed by atoms with Crippen molar-refractivity contribution in [2.45, 2.75) is 12.6 Å². The fourth-order valence-corrected chi connectivity index (χ4v) is 2.75. The molecule has 2 rings (SSSR count). The van der Waals surface area contributed by atoms with Gasteiger partial charge in [-0.2, -0.15) is 0 Å². The topological polar surface area (TPSA) is 70.6 Å². The van der Waals surface area contributed by atoms with E-state index in [1.165, 1.54) is 11.3 Å². The van der Waals surface area contributed by atoms with E-state index >= 15 is 0 Å². The van der Waals surface area contributed by atoms with Crippen molar-refractivity contribution in [2.75, 3.05) is 13.7 Å². The molecule has 118 valence electrons. The van der Waals surface area contributed by atoms with Gasteiger partial charge in [-0.3, -0.25) is 0 Å². The van der Waals surface area contributed by atoms with Crippen LogP contribution in [0.2, 0.25) is 5.02 Å². The maximum Gasteiger partial charge on any atom is 0.315 e. The lowest BCUT2D eigenvalue weighted by atomic mass is 10.2. The number of urea groups is 1. The average Bonchev–Trinajstić information content (AvgIpc) is 3.05. The van der Waals surface area contributed by atoms with Crippen LogP contribution < -0.4 is 15.4 Å². The molecule has 0 aliphatic rings. The van der Waals surface area contributed by atoms with Gasteiger partial charge in [0.2, 0.25) is 0 Å². The number of halogens is 1. The van der Waals surface area contributed by atoms with Crippen LogP contribution in [0.5, 0.6) is 5.75 Å². The summed E-state index contributed by atoms with van der Waals surface area (Å²) in [6, 6.07) is 8.55. The van der Waals surface area contributed by atoms with E-state index in [4.69, 9.17) is 16.3 Å². The minimum atomic E-state index is -0.698. The first-order chi connectivity index (χ1) is 10.6. The number of aliphatic hydroxyl groups excluding tert-OH is 1. The van der Waals surface area contributed by atoms with E-state index in [-0.39, 0.29) is 12.6 Å². The summed E-state index contributed by atoms with van der Waals surface area (Å²) in [5.41, 5.74) is 0.820. The van der Waals surface area contributed by atoms with Crippen molar-refractivity contribution >= 4 is 29.0 Å². The number of methoxy groups -OCH3 is 1. The minimum absolute atomic E-state index is 0.157. The monoisotopic (exact) mass is 340 g/mol. The predicted molar refractivity (Wildman–Crippen MR) is 87.5 cm³/mol. The Kier molecular flexibility index (Phi) is 6.06. The van der Waals surface area contributed by atoms with Gasteiger partial charge >= 0.3 is 6.03 Å². The van der Waals surface area contributed by atoms with Crippen molar-refractivity contribution in [1.29, 1.82) is 0 Å². The Morgan fingerprint density at radius 3 is 2.91 bits per heavy atom. The molecule has 0 aliphatic heterocycles. The maximum atomic E-state index is 11.8. The third kappa shape index (κ3) is 4.62. The maximum absolute atomic E-state index is 11.8. The fourth-order valence-electron chi connectivity index (χ4n) is 1.87. The average molecular weight is 341 g/mol. The molecule has 1 aromatic carbocycles. The molecule has 0 saturated carbocycles. The predicted octanol–water partition coefficient (Wildman–Crippen LogP) is 2.94. The van der Waals surface area contributed by atoms with Crippen molar-refractivity contribution < 1.29 is 14.6 Å². The Hall–Kier alpha value is -1.76. The van der Waals surface area contributed by atoms with Gasteiger partial charge < -0.3 is 20.5 Å². The highest BCUT2D eigenvalue weighted by molar-refractivity contribution is 7.10. The molecule has 0 spiro atoms. The van der Waals surface area contributed by atoms with Gasteiger partial charge in [-0.1, -0.05) is 23.7 Å². The van der Waals surface area contributed by atoms with Gasteiger partial charge in [0, 0.05) is 22.0 Å². The van der Waals surface area contributed by atoms with Crippen molar-refractivity contribution in [1.82, 2.24) is 10.6 Å². The summed E-state index contributed by atoms with van der Waals surface area (Å²) in [5, 5.41) is 17.7. The standard InChI is InChI=1S/C15H17ClN2O3S/c1-21-13-7-11(16)5-4-10(13)8-17-15(20)18-9-12(19)14-3-2-6-22-14/h2-7,12,19H,8-9H2,1H3,(H2,17,18,20). The zero-order valence-corrected chi connectivity index (χ0v) is 13.6. The van der Waals surface area contributed by atoms with Gasteiger partial charge in [-0.25, -0.2) is 4.79 Å². The van der Waals surface area contributed by atoms with Gasteiger partial charge in [0.05, 0.1) is 13.7 Å². The Morgan fingerprint density at radius 2 is 2.23 bits per heavy atom. The quantitative estimate of drug-likeness (QED) is 0.757. The van der Waals surface area contributed by atoms with Crippen LogP contribution in [0, 0.1) is 0 Å². The van der Waals surface area contributed by atoms with E-state index in [1.54, 1.807) is 25.3 Å². The highest BCUT2D eigenvalue weighted by Crippen LogP contribution is 2.22. The lowest BCUT2D eigenvalue weighted by Crippen LogP contribution is -2.37.